The molecule has 0 bridgehead atoms. The zero-order valence-corrected chi connectivity index (χ0v) is 18.5. The van der Waals surface area contributed by atoms with Crippen LogP contribution in [0.4, 0.5) is 0 Å². The summed E-state index contributed by atoms with van der Waals surface area (Å²) in [6.45, 7) is 0.655. The molecule has 0 spiro atoms. The summed E-state index contributed by atoms with van der Waals surface area (Å²) in [5, 5.41) is 10.4. The Morgan fingerprint density at radius 2 is 1.72 bits per heavy atom. The first-order chi connectivity index (χ1) is 15.8. The zero-order valence-electron chi connectivity index (χ0n) is 16.9. The molecule has 0 unspecified atom stereocenters. The van der Waals surface area contributed by atoms with Gasteiger partial charge in [-0.3, -0.25) is 9.55 Å². The standard InChI is InChI=1S/C24H18ClN5OS/c25-20-10-8-18(9-11-20)21-14-27-22(31-21)16-32-24-29-28-23(19-7-4-12-26-13-19)30(24)15-17-5-2-1-3-6-17/h1-14H,15-16H2. The third-order valence-corrected chi connectivity index (χ3v) is 6.03. The third kappa shape index (κ3) is 4.59. The van der Waals surface area contributed by atoms with Crippen LogP contribution in [-0.2, 0) is 12.3 Å². The van der Waals surface area contributed by atoms with E-state index in [0.717, 1.165) is 22.1 Å². The molecule has 5 aromatic rings. The molecular weight excluding hydrogens is 442 g/mol. The van der Waals surface area contributed by atoms with Crippen molar-refractivity contribution in [3.05, 3.63) is 102 Å². The first-order valence-corrected chi connectivity index (χ1v) is 11.3. The molecule has 0 aliphatic heterocycles. The van der Waals surface area contributed by atoms with Gasteiger partial charge in [0.15, 0.2) is 16.7 Å². The summed E-state index contributed by atoms with van der Waals surface area (Å²) in [7, 11) is 0. The van der Waals surface area contributed by atoms with Crippen molar-refractivity contribution < 1.29 is 4.42 Å². The van der Waals surface area contributed by atoms with Gasteiger partial charge in [-0.2, -0.15) is 0 Å². The average Bonchev–Trinajstić information content (AvgIpc) is 3.47. The molecule has 0 atom stereocenters. The van der Waals surface area contributed by atoms with Crippen molar-refractivity contribution >= 4 is 23.4 Å². The fraction of sp³-hybridized carbons (Fsp3) is 0.0833. The van der Waals surface area contributed by atoms with E-state index in [1.165, 1.54) is 17.3 Å². The number of hydrogen-bond acceptors (Lipinski definition) is 6. The van der Waals surface area contributed by atoms with E-state index >= 15 is 0 Å². The van der Waals surface area contributed by atoms with Gasteiger partial charge in [-0.15, -0.1) is 10.2 Å². The Hall–Kier alpha value is -3.42. The van der Waals surface area contributed by atoms with Crippen LogP contribution in [0.15, 0.2) is 94.9 Å². The normalized spacial score (nSPS) is 11.0. The van der Waals surface area contributed by atoms with Gasteiger partial charge in [-0.05, 0) is 42.0 Å². The van der Waals surface area contributed by atoms with Crippen molar-refractivity contribution in [2.75, 3.05) is 0 Å². The van der Waals surface area contributed by atoms with E-state index in [9.17, 15) is 0 Å². The molecule has 0 N–H and O–H groups in total. The Morgan fingerprint density at radius 3 is 2.50 bits per heavy atom. The number of thioether (sulfide) groups is 1. The predicted octanol–water partition coefficient (Wildman–Crippen LogP) is 5.99. The van der Waals surface area contributed by atoms with Crippen LogP contribution >= 0.6 is 23.4 Å². The van der Waals surface area contributed by atoms with E-state index in [-0.39, 0.29) is 0 Å². The monoisotopic (exact) mass is 459 g/mol. The van der Waals surface area contributed by atoms with Crippen molar-refractivity contribution in [3.8, 4) is 22.7 Å². The summed E-state index contributed by atoms with van der Waals surface area (Å²) < 4.78 is 8.04. The highest BCUT2D eigenvalue weighted by atomic mass is 35.5. The lowest BCUT2D eigenvalue weighted by Gasteiger charge is -2.10. The van der Waals surface area contributed by atoms with Crippen molar-refractivity contribution in [1.82, 2.24) is 24.7 Å². The topological polar surface area (TPSA) is 69.6 Å². The smallest absolute Gasteiger partial charge is 0.205 e. The molecule has 158 valence electrons. The van der Waals surface area contributed by atoms with Crippen LogP contribution < -0.4 is 0 Å². The number of aromatic nitrogens is 5. The fourth-order valence-electron chi connectivity index (χ4n) is 3.26. The van der Waals surface area contributed by atoms with Gasteiger partial charge in [0.1, 0.15) is 0 Å². The predicted molar refractivity (Wildman–Crippen MR) is 125 cm³/mol. The van der Waals surface area contributed by atoms with Crippen LogP contribution in [0.25, 0.3) is 22.7 Å². The van der Waals surface area contributed by atoms with Gasteiger partial charge in [0.05, 0.1) is 18.5 Å². The van der Waals surface area contributed by atoms with Gasteiger partial charge < -0.3 is 4.42 Å². The van der Waals surface area contributed by atoms with E-state index < -0.39 is 0 Å². The average molecular weight is 460 g/mol. The van der Waals surface area contributed by atoms with Crippen molar-refractivity contribution in [3.63, 3.8) is 0 Å². The number of nitrogens with zero attached hydrogens (tertiary/aromatic N) is 5. The maximum Gasteiger partial charge on any atom is 0.205 e. The minimum absolute atomic E-state index is 0.535. The molecule has 0 aliphatic carbocycles. The summed E-state index contributed by atoms with van der Waals surface area (Å²) >= 11 is 7.51. The van der Waals surface area contributed by atoms with Gasteiger partial charge in [0.2, 0.25) is 5.89 Å². The molecule has 0 fully saturated rings. The van der Waals surface area contributed by atoms with E-state index in [1.807, 2.05) is 54.6 Å². The Balaban J connectivity index is 1.39. The number of oxazole rings is 1. The molecule has 0 radical (unpaired) electrons. The molecule has 5 rings (SSSR count). The number of rotatable bonds is 7. The minimum atomic E-state index is 0.535. The summed E-state index contributed by atoms with van der Waals surface area (Å²) in [6.07, 6.45) is 5.28. The second kappa shape index (κ2) is 9.38. The van der Waals surface area contributed by atoms with Crippen LogP contribution in [0.5, 0.6) is 0 Å². The van der Waals surface area contributed by atoms with Crippen molar-refractivity contribution in [2.24, 2.45) is 0 Å². The summed E-state index contributed by atoms with van der Waals surface area (Å²) in [5.74, 6) is 2.64. The number of hydrogen-bond donors (Lipinski definition) is 0. The van der Waals surface area contributed by atoms with Crippen molar-refractivity contribution in [1.29, 1.82) is 0 Å². The van der Waals surface area contributed by atoms with E-state index in [2.05, 4.69) is 36.9 Å². The SMILES string of the molecule is Clc1ccc(-c2cnc(CSc3nnc(-c4cccnc4)n3Cc3ccccc3)o2)cc1. The first kappa shape index (κ1) is 20.5. The second-order valence-electron chi connectivity index (χ2n) is 7.03. The van der Waals surface area contributed by atoms with Crippen LogP contribution in [0.1, 0.15) is 11.5 Å². The first-order valence-electron chi connectivity index (χ1n) is 9.97. The summed E-state index contributed by atoms with van der Waals surface area (Å²) in [6, 6.07) is 21.6. The fourth-order valence-corrected chi connectivity index (χ4v) is 4.18. The van der Waals surface area contributed by atoms with Crippen LogP contribution in [0.2, 0.25) is 5.02 Å². The Morgan fingerprint density at radius 1 is 0.875 bits per heavy atom. The minimum Gasteiger partial charge on any atom is -0.440 e. The third-order valence-electron chi connectivity index (χ3n) is 4.83. The lowest BCUT2D eigenvalue weighted by Crippen LogP contribution is -2.04. The van der Waals surface area contributed by atoms with Gasteiger partial charge >= 0.3 is 0 Å². The molecule has 0 aliphatic rings. The molecule has 0 amide bonds. The molecule has 8 heteroatoms. The molecule has 0 saturated carbocycles. The number of benzene rings is 2. The summed E-state index contributed by atoms with van der Waals surface area (Å²) in [4.78, 5) is 8.65. The van der Waals surface area contributed by atoms with E-state index in [4.69, 9.17) is 16.0 Å². The molecular formula is C24H18ClN5OS. The molecule has 32 heavy (non-hydrogen) atoms. The quantitative estimate of drug-likeness (QED) is 0.278. The molecule has 3 heterocycles. The lowest BCUT2D eigenvalue weighted by molar-refractivity contribution is 0.529. The largest absolute Gasteiger partial charge is 0.440 e. The Bertz CT molecular complexity index is 1300. The van der Waals surface area contributed by atoms with Crippen LogP contribution in [0.3, 0.4) is 0 Å². The molecule has 6 nitrogen and oxygen atoms in total. The Kier molecular flexibility index (Phi) is 6.00. The molecule has 0 saturated heterocycles. The highest BCUT2D eigenvalue weighted by Gasteiger charge is 2.16. The maximum atomic E-state index is 5.97. The van der Waals surface area contributed by atoms with Gasteiger partial charge in [0, 0.05) is 28.5 Å². The van der Waals surface area contributed by atoms with Gasteiger partial charge in [0.25, 0.3) is 0 Å². The lowest BCUT2D eigenvalue weighted by atomic mass is 10.2. The highest BCUT2D eigenvalue weighted by Crippen LogP contribution is 2.29. The van der Waals surface area contributed by atoms with Crippen LogP contribution in [0, 0.1) is 0 Å². The van der Waals surface area contributed by atoms with Gasteiger partial charge in [-0.25, -0.2) is 4.98 Å². The molecule has 2 aromatic carbocycles. The summed E-state index contributed by atoms with van der Waals surface area (Å²) in [5.41, 5.74) is 3.02. The number of halogens is 1. The highest BCUT2D eigenvalue weighted by molar-refractivity contribution is 7.98. The maximum absolute atomic E-state index is 5.97. The zero-order chi connectivity index (χ0) is 21.8. The molecule has 3 aromatic heterocycles. The second-order valence-corrected chi connectivity index (χ2v) is 8.41. The van der Waals surface area contributed by atoms with E-state index in [0.29, 0.717) is 29.0 Å². The van der Waals surface area contributed by atoms with Crippen LogP contribution in [-0.4, -0.2) is 24.7 Å². The van der Waals surface area contributed by atoms with Crippen molar-refractivity contribution in [2.45, 2.75) is 17.5 Å². The van der Waals surface area contributed by atoms with Gasteiger partial charge in [-0.1, -0.05) is 53.7 Å². The Labute approximate surface area is 194 Å². The van der Waals surface area contributed by atoms with E-state index in [1.54, 1.807) is 18.6 Å². The number of pyridine rings is 1.